The van der Waals surface area contributed by atoms with E-state index < -0.39 is 0 Å². The molecular weight excluding hydrogens is 236 g/mol. The van der Waals surface area contributed by atoms with Gasteiger partial charge in [-0.1, -0.05) is 19.1 Å². The Kier molecular flexibility index (Phi) is 3.29. The van der Waals surface area contributed by atoms with Gasteiger partial charge in [-0.2, -0.15) is 0 Å². The molecule has 3 aromatic rings. The number of furan rings is 1. The lowest BCUT2D eigenvalue weighted by molar-refractivity contribution is 0.452. The molecule has 2 heterocycles. The van der Waals surface area contributed by atoms with E-state index in [2.05, 4.69) is 41.5 Å². The first-order valence-corrected chi connectivity index (χ1v) is 6.50. The SMILES string of the molecule is CCNC(c1ccc2ncccc2c1)c1ccco1. The highest BCUT2D eigenvalue weighted by Gasteiger charge is 2.15. The van der Waals surface area contributed by atoms with Crippen LogP contribution in [0.3, 0.4) is 0 Å². The highest BCUT2D eigenvalue weighted by molar-refractivity contribution is 5.79. The minimum Gasteiger partial charge on any atom is -0.467 e. The zero-order valence-electron chi connectivity index (χ0n) is 10.8. The van der Waals surface area contributed by atoms with Crippen molar-refractivity contribution < 1.29 is 4.42 Å². The van der Waals surface area contributed by atoms with Gasteiger partial charge >= 0.3 is 0 Å². The third-order valence-electron chi connectivity index (χ3n) is 3.20. The lowest BCUT2D eigenvalue weighted by atomic mass is 10.0. The Labute approximate surface area is 112 Å². The van der Waals surface area contributed by atoms with Crippen molar-refractivity contribution in [3.05, 3.63) is 66.2 Å². The zero-order chi connectivity index (χ0) is 13.1. The van der Waals surface area contributed by atoms with Crippen molar-refractivity contribution in [2.75, 3.05) is 6.54 Å². The second kappa shape index (κ2) is 5.24. The Morgan fingerprint density at radius 3 is 2.95 bits per heavy atom. The van der Waals surface area contributed by atoms with Crippen molar-refractivity contribution in [3.63, 3.8) is 0 Å². The Morgan fingerprint density at radius 2 is 2.16 bits per heavy atom. The summed E-state index contributed by atoms with van der Waals surface area (Å²) in [7, 11) is 0. The third-order valence-corrected chi connectivity index (χ3v) is 3.20. The Bertz CT molecular complexity index is 661. The van der Waals surface area contributed by atoms with Crippen molar-refractivity contribution in [1.29, 1.82) is 0 Å². The molecule has 0 aliphatic carbocycles. The van der Waals surface area contributed by atoms with Crippen LogP contribution in [-0.4, -0.2) is 11.5 Å². The van der Waals surface area contributed by atoms with Crippen LogP contribution in [0.2, 0.25) is 0 Å². The molecule has 0 spiro atoms. The van der Waals surface area contributed by atoms with Crippen LogP contribution in [0.1, 0.15) is 24.3 Å². The van der Waals surface area contributed by atoms with Crippen LogP contribution in [0.15, 0.2) is 59.3 Å². The van der Waals surface area contributed by atoms with E-state index in [0.29, 0.717) is 0 Å². The summed E-state index contributed by atoms with van der Waals surface area (Å²) in [6.45, 7) is 2.98. The maximum Gasteiger partial charge on any atom is 0.125 e. The van der Waals surface area contributed by atoms with E-state index in [4.69, 9.17) is 4.42 Å². The summed E-state index contributed by atoms with van der Waals surface area (Å²) in [6, 6.07) is 14.4. The number of pyridine rings is 1. The average molecular weight is 252 g/mol. The molecule has 2 aromatic heterocycles. The maximum absolute atomic E-state index is 5.54. The second-order valence-electron chi connectivity index (χ2n) is 4.46. The number of nitrogens with zero attached hydrogens (tertiary/aromatic N) is 1. The van der Waals surface area contributed by atoms with Gasteiger partial charge in [0, 0.05) is 11.6 Å². The Hall–Kier alpha value is -2.13. The van der Waals surface area contributed by atoms with E-state index in [1.807, 2.05) is 24.4 Å². The van der Waals surface area contributed by atoms with Gasteiger partial charge in [-0.15, -0.1) is 0 Å². The molecule has 0 fully saturated rings. The summed E-state index contributed by atoms with van der Waals surface area (Å²) >= 11 is 0. The molecular formula is C16H16N2O. The summed E-state index contributed by atoms with van der Waals surface area (Å²) in [5.74, 6) is 0.935. The quantitative estimate of drug-likeness (QED) is 0.772. The molecule has 0 aliphatic heterocycles. The summed E-state index contributed by atoms with van der Waals surface area (Å²) in [5.41, 5.74) is 2.21. The summed E-state index contributed by atoms with van der Waals surface area (Å²) in [4.78, 5) is 4.35. The molecule has 0 amide bonds. The van der Waals surface area contributed by atoms with Gasteiger partial charge in [0.15, 0.2) is 0 Å². The summed E-state index contributed by atoms with van der Waals surface area (Å²) < 4.78 is 5.54. The first-order valence-electron chi connectivity index (χ1n) is 6.50. The van der Waals surface area contributed by atoms with E-state index in [-0.39, 0.29) is 6.04 Å². The van der Waals surface area contributed by atoms with Gasteiger partial charge in [-0.3, -0.25) is 4.98 Å². The number of hydrogen-bond acceptors (Lipinski definition) is 3. The fraction of sp³-hybridized carbons (Fsp3) is 0.188. The van der Waals surface area contributed by atoms with Crippen molar-refractivity contribution >= 4 is 10.9 Å². The Balaban J connectivity index is 2.05. The van der Waals surface area contributed by atoms with Gasteiger partial charge < -0.3 is 9.73 Å². The normalized spacial score (nSPS) is 12.7. The van der Waals surface area contributed by atoms with Gasteiger partial charge in [-0.05, 0) is 42.4 Å². The molecule has 3 heteroatoms. The fourth-order valence-corrected chi connectivity index (χ4v) is 2.32. The van der Waals surface area contributed by atoms with E-state index in [0.717, 1.165) is 23.2 Å². The van der Waals surface area contributed by atoms with Crippen LogP contribution in [0.25, 0.3) is 10.9 Å². The van der Waals surface area contributed by atoms with E-state index in [1.165, 1.54) is 5.56 Å². The second-order valence-corrected chi connectivity index (χ2v) is 4.46. The number of aromatic nitrogens is 1. The van der Waals surface area contributed by atoms with Crippen molar-refractivity contribution in [2.24, 2.45) is 0 Å². The van der Waals surface area contributed by atoms with Gasteiger partial charge in [0.1, 0.15) is 5.76 Å². The molecule has 1 atom stereocenters. The number of fused-ring (bicyclic) bond motifs is 1. The molecule has 3 rings (SSSR count). The van der Waals surface area contributed by atoms with E-state index >= 15 is 0 Å². The predicted molar refractivity (Wildman–Crippen MR) is 76.0 cm³/mol. The lowest BCUT2D eigenvalue weighted by Gasteiger charge is -2.16. The molecule has 0 saturated heterocycles. The van der Waals surface area contributed by atoms with E-state index in [9.17, 15) is 0 Å². The zero-order valence-corrected chi connectivity index (χ0v) is 10.8. The van der Waals surface area contributed by atoms with Gasteiger partial charge in [0.25, 0.3) is 0 Å². The van der Waals surface area contributed by atoms with Gasteiger partial charge in [0.05, 0.1) is 17.8 Å². The number of rotatable bonds is 4. The van der Waals surface area contributed by atoms with Gasteiger partial charge in [-0.25, -0.2) is 0 Å². The topological polar surface area (TPSA) is 38.1 Å². The third kappa shape index (κ3) is 2.37. The molecule has 19 heavy (non-hydrogen) atoms. The standard InChI is InChI=1S/C16H16N2O/c1-2-17-16(15-6-4-10-19-15)13-7-8-14-12(11-13)5-3-9-18-14/h3-11,16-17H,2H2,1H3. The molecule has 1 unspecified atom stereocenters. The monoisotopic (exact) mass is 252 g/mol. The van der Waals surface area contributed by atoms with E-state index in [1.54, 1.807) is 6.26 Å². The highest BCUT2D eigenvalue weighted by Crippen LogP contribution is 2.25. The molecule has 1 aromatic carbocycles. The molecule has 1 N–H and O–H groups in total. The summed E-state index contributed by atoms with van der Waals surface area (Å²) in [6.07, 6.45) is 3.53. The average Bonchev–Trinajstić information content (AvgIpc) is 2.98. The van der Waals surface area contributed by atoms with Crippen LogP contribution < -0.4 is 5.32 Å². The number of benzene rings is 1. The lowest BCUT2D eigenvalue weighted by Crippen LogP contribution is -2.21. The van der Waals surface area contributed by atoms with Crippen molar-refractivity contribution in [2.45, 2.75) is 13.0 Å². The Morgan fingerprint density at radius 1 is 1.21 bits per heavy atom. The summed E-state index contributed by atoms with van der Waals surface area (Å²) in [5, 5.41) is 4.60. The van der Waals surface area contributed by atoms with Crippen LogP contribution in [0.5, 0.6) is 0 Å². The molecule has 96 valence electrons. The first kappa shape index (κ1) is 11.9. The van der Waals surface area contributed by atoms with Crippen molar-refractivity contribution in [3.8, 4) is 0 Å². The minimum absolute atomic E-state index is 0.0876. The largest absolute Gasteiger partial charge is 0.467 e. The number of hydrogen-bond donors (Lipinski definition) is 1. The van der Waals surface area contributed by atoms with Gasteiger partial charge in [0.2, 0.25) is 0 Å². The fourth-order valence-electron chi connectivity index (χ4n) is 2.32. The maximum atomic E-state index is 5.54. The smallest absolute Gasteiger partial charge is 0.125 e. The minimum atomic E-state index is 0.0876. The van der Waals surface area contributed by atoms with Crippen molar-refractivity contribution in [1.82, 2.24) is 10.3 Å². The first-order chi connectivity index (χ1) is 9.38. The van der Waals surface area contributed by atoms with Crippen LogP contribution >= 0.6 is 0 Å². The molecule has 0 aliphatic rings. The number of nitrogens with one attached hydrogen (secondary N) is 1. The van der Waals surface area contributed by atoms with Crippen LogP contribution in [-0.2, 0) is 0 Å². The van der Waals surface area contributed by atoms with Crippen LogP contribution in [0, 0.1) is 0 Å². The molecule has 3 nitrogen and oxygen atoms in total. The molecule has 0 bridgehead atoms. The molecule has 0 radical (unpaired) electrons. The highest BCUT2D eigenvalue weighted by atomic mass is 16.3. The predicted octanol–water partition coefficient (Wildman–Crippen LogP) is 3.53. The molecule has 0 saturated carbocycles. The van der Waals surface area contributed by atoms with Crippen LogP contribution in [0.4, 0.5) is 0 Å².